The highest BCUT2D eigenvalue weighted by Gasteiger charge is 2.20. The van der Waals surface area contributed by atoms with Gasteiger partial charge in [0.05, 0.1) is 11.4 Å². The zero-order chi connectivity index (χ0) is 23.4. The number of hydrogen-bond acceptors (Lipinski definition) is 2. The molecule has 2 nitrogen and oxygen atoms in total. The summed E-state index contributed by atoms with van der Waals surface area (Å²) in [5, 5.41) is 7.76. The van der Waals surface area contributed by atoms with E-state index in [1.165, 1.54) is 45.0 Å². The molecular weight excluding hydrogens is 388 g/mol. The first kappa shape index (κ1) is 24.2. The fourth-order valence-electron chi connectivity index (χ4n) is 4.57. The highest BCUT2D eigenvalue weighted by Crippen LogP contribution is 2.37. The third-order valence-corrected chi connectivity index (χ3v) is 6.42. The molecule has 0 saturated carbocycles. The summed E-state index contributed by atoms with van der Waals surface area (Å²) >= 11 is 0. The smallest absolute Gasteiger partial charge is 0.0579 e. The Morgan fingerprint density at radius 1 is 0.500 bits per heavy atom. The van der Waals surface area contributed by atoms with Crippen molar-refractivity contribution >= 4 is 11.4 Å². The second-order valence-corrected chi connectivity index (χ2v) is 10.3. The van der Waals surface area contributed by atoms with Gasteiger partial charge in [0.1, 0.15) is 0 Å². The Balaban J connectivity index is 2.01. The third-order valence-electron chi connectivity index (χ3n) is 6.42. The van der Waals surface area contributed by atoms with Crippen LogP contribution < -0.4 is 10.6 Å². The van der Waals surface area contributed by atoms with Crippen LogP contribution in [0, 0.1) is 0 Å². The molecular formula is C30H42N2. The number of allylic oxidation sites excluding steroid dienone is 2. The average Bonchev–Trinajstić information content (AvgIpc) is 2.74. The second-order valence-electron chi connectivity index (χ2n) is 10.3. The Kier molecular flexibility index (Phi) is 7.87. The summed E-state index contributed by atoms with van der Waals surface area (Å²) < 4.78 is 0. The standard InChI is InChI=1S/C30H42N2/c1-19(2)23-13-11-14-24(20(3)4)29(23)31-27-17-9-10-18-28(27)32-30-25(21(5)6)15-12-16-26(30)22(7)8/h11-22,31-32H,9-10H2,1-8H3. The minimum atomic E-state index is 0.468. The van der Waals surface area contributed by atoms with Crippen molar-refractivity contribution in [1.29, 1.82) is 0 Å². The molecule has 0 fully saturated rings. The summed E-state index contributed by atoms with van der Waals surface area (Å²) in [4.78, 5) is 0. The molecule has 2 heteroatoms. The van der Waals surface area contributed by atoms with Gasteiger partial charge in [-0.25, -0.2) is 0 Å². The third kappa shape index (κ3) is 5.28. The first-order valence-corrected chi connectivity index (χ1v) is 12.4. The molecule has 0 spiro atoms. The summed E-state index contributed by atoms with van der Waals surface area (Å²) in [5.74, 6) is 1.87. The van der Waals surface area contributed by atoms with Crippen molar-refractivity contribution in [3.63, 3.8) is 0 Å². The van der Waals surface area contributed by atoms with E-state index in [0.29, 0.717) is 23.7 Å². The molecule has 0 heterocycles. The maximum absolute atomic E-state index is 3.88. The largest absolute Gasteiger partial charge is 0.354 e. The minimum Gasteiger partial charge on any atom is -0.354 e. The van der Waals surface area contributed by atoms with Crippen molar-refractivity contribution < 1.29 is 0 Å². The molecule has 0 amide bonds. The molecule has 2 N–H and O–H groups in total. The van der Waals surface area contributed by atoms with Crippen LogP contribution >= 0.6 is 0 Å². The van der Waals surface area contributed by atoms with Gasteiger partial charge in [0.15, 0.2) is 0 Å². The van der Waals surface area contributed by atoms with Gasteiger partial charge < -0.3 is 10.6 Å². The normalized spacial score (nSPS) is 14.2. The van der Waals surface area contributed by atoms with Gasteiger partial charge in [-0.2, -0.15) is 0 Å². The van der Waals surface area contributed by atoms with Gasteiger partial charge in [-0.15, -0.1) is 0 Å². The van der Waals surface area contributed by atoms with Gasteiger partial charge in [-0.3, -0.25) is 0 Å². The predicted molar refractivity (Wildman–Crippen MR) is 142 cm³/mol. The van der Waals surface area contributed by atoms with E-state index >= 15 is 0 Å². The van der Waals surface area contributed by atoms with Crippen LogP contribution in [0.4, 0.5) is 11.4 Å². The van der Waals surface area contributed by atoms with E-state index in [2.05, 4.69) is 115 Å². The van der Waals surface area contributed by atoms with Crippen LogP contribution in [0.5, 0.6) is 0 Å². The van der Waals surface area contributed by atoms with Crippen LogP contribution in [0.1, 0.15) is 114 Å². The maximum Gasteiger partial charge on any atom is 0.0579 e. The summed E-state index contributed by atoms with van der Waals surface area (Å²) in [6.07, 6.45) is 6.85. The lowest BCUT2D eigenvalue weighted by atomic mass is 9.91. The van der Waals surface area contributed by atoms with Crippen LogP contribution in [-0.2, 0) is 0 Å². The van der Waals surface area contributed by atoms with Gasteiger partial charge in [0, 0.05) is 11.4 Å². The molecule has 2 aromatic carbocycles. The fourth-order valence-corrected chi connectivity index (χ4v) is 4.57. The van der Waals surface area contributed by atoms with Crippen LogP contribution in [-0.4, -0.2) is 0 Å². The average molecular weight is 431 g/mol. The van der Waals surface area contributed by atoms with Crippen molar-refractivity contribution in [3.05, 3.63) is 82.2 Å². The highest BCUT2D eigenvalue weighted by molar-refractivity contribution is 5.70. The second kappa shape index (κ2) is 10.4. The topological polar surface area (TPSA) is 24.1 Å². The fraction of sp³-hybridized carbons (Fsp3) is 0.467. The molecule has 0 atom stereocenters. The van der Waals surface area contributed by atoms with Gasteiger partial charge in [-0.1, -0.05) is 104 Å². The lowest BCUT2D eigenvalue weighted by molar-refractivity contribution is 0.833. The molecule has 0 bridgehead atoms. The van der Waals surface area contributed by atoms with Crippen LogP contribution in [0.15, 0.2) is 59.9 Å². The van der Waals surface area contributed by atoms with Crippen molar-refractivity contribution in [2.75, 3.05) is 10.6 Å². The Labute approximate surface area is 196 Å². The summed E-state index contributed by atoms with van der Waals surface area (Å²) in [7, 11) is 0. The molecule has 0 saturated heterocycles. The van der Waals surface area contributed by atoms with Crippen LogP contribution in [0.2, 0.25) is 0 Å². The van der Waals surface area contributed by atoms with E-state index in [9.17, 15) is 0 Å². The number of hydrogen-bond donors (Lipinski definition) is 2. The van der Waals surface area contributed by atoms with E-state index in [1.807, 2.05) is 0 Å². The van der Waals surface area contributed by atoms with Gasteiger partial charge in [0.2, 0.25) is 0 Å². The number of benzene rings is 2. The van der Waals surface area contributed by atoms with E-state index < -0.39 is 0 Å². The molecule has 3 rings (SSSR count). The molecule has 0 radical (unpaired) electrons. The number of nitrogens with one attached hydrogen (secondary N) is 2. The van der Waals surface area contributed by atoms with Gasteiger partial charge in [-0.05, 0) is 58.8 Å². The maximum atomic E-state index is 3.88. The Morgan fingerprint density at radius 2 is 0.781 bits per heavy atom. The number of para-hydroxylation sites is 2. The quantitative estimate of drug-likeness (QED) is 0.436. The molecule has 0 unspecified atom stereocenters. The van der Waals surface area contributed by atoms with Gasteiger partial charge in [0.25, 0.3) is 0 Å². The first-order chi connectivity index (χ1) is 15.2. The summed E-state index contributed by atoms with van der Waals surface area (Å²) in [6, 6.07) is 13.5. The Morgan fingerprint density at radius 3 is 1.03 bits per heavy atom. The van der Waals surface area contributed by atoms with Crippen molar-refractivity contribution in [1.82, 2.24) is 0 Å². The van der Waals surface area contributed by atoms with Crippen molar-refractivity contribution in [3.8, 4) is 0 Å². The van der Waals surface area contributed by atoms with E-state index in [0.717, 1.165) is 12.8 Å². The van der Waals surface area contributed by atoms with E-state index in [1.54, 1.807) is 0 Å². The van der Waals surface area contributed by atoms with Crippen LogP contribution in [0.25, 0.3) is 0 Å². The Hall–Kier alpha value is -2.48. The predicted octanol–water partition coefficient (Wildman–Crippen LogP) is 9.27. The Bertz CT molecular complexity index is 856. The monoisotopic (exact) mass is 430 g/mol. The molecule has 172 valence electrons. The van der Waals surface area contributed by atoms with E-state index in [-0.39, 0.29) is 0 Å². The zero-order valence-corrected chi connectivity index (χ0v) is 21.3. The summed E-state index contributed by atoms with van der Waals surface area (Å²) in [5.41, 5.74) is 10.5. The molecule has 2 aromatic rings. The minimum absolute atomic E-state index is 0.468. The zero-order valence-electron chi connectivity index (χ0n) is 21.3. The van der Waals surface area contributed by atoms with Gasteiger partial charge >= 0.3 is 0 Å². The number of rotatable bonds is 8. The lowest BCUT2D eigenvalue weighted by Crippen LogP contribution is -2.17. The SMILES string of the molecule is CC(C)c1cccc(C(C)C)c1NC1=CCCC=C1Nc1c(C(C)C)cccc1C(C)C. The molecule has 0 aromatic heterocycles. The lowest BCUT2D eigenvalue weighted by Gasteiger charge is -2.27. The highest BCUT2D eigenvalue weighted by atomic mass is 15.0. The first-order valence-electron chi connectivity index (χ1n) is 12.4. The molecule has 1 aliphatic rings. The summed E-state index contributed by atoms with van der Waals surface area (Å²) in [6.45, 7) is 18.2. The molecule has 1 aliphatic carbocycles. The van der Waals surface area contributed by atoms with Crippen molar-refractivity contribution in [2.45, 2.75) is 91.9 Å². The van der Waals surface area contributed by atoms with Crippen molar-refractivity contribution in [2.24, 2.45) is 0 Å². The van der Waals surface area contributed by atoms with E-state index in [4.69, 9.17) is 0 Å². The molecule has 0 aliphatic heterocycles. The number of anilines is 2. The van der Waals surface area contributed by atoms with Crippen LogP contribution in [0.3, 0.4) is 0 Å². The molecule has 32 heavy (non-hydrogen) atoms.